The molecule has 0 radical (unpaired) electrons. The second-order valence-electron chi connectivity index (χ2n) is 4.96. The van der Waals surface area contributed by atoms with Gasteiger partial charge in [0.1, 0.15) is 12.2 Å². The zero-order valence-electron chi connectivity index (χ0n) is 12.2. The van der Waals surface area contributed by atoms with Crippen molar-refractivity contribution in [3.8, 4) is 0 Å². The van der Waals surface area contributed by atoms with Gasteiger partial charge < -0.3 is 10.2 Å². The molecule has 0 amide bonds. The lowest BCUT2D eigenvalue weighted by Crippen LogP contribution is -2.32. The molecule has 1 N–H and O–H groups in total. The predicted molar refractivity (Wildman–Crippen MR) is 74.4 cm³/mol. The molecule has 5 nitrogen and oxygen atoms in total. The number of likely N-dealkylation sites (N-methyl/N-ethyl adjacent to an activating group) is 1. The van der Waals surface area contributed by atoms with Crippen LogP contribution in [0.2, 0.25) is 0 Å². The second-order valence-corrected chi connectivity index (χ2v) is 4.96. The Morgan fingerprint density at radius 1 is 1.33 bits per heavy atom. The van der Waals surface area contributed by atoms with Crippen molar-refractivity contribution >= 4 is 0 Å². The second kappa shape index (κ2) is 8.21. The Balaban J connectivity index is 2.28. The van der Waals surface area contributed by atoms with Gasteiger partial charge in [-0.25, -0.2) is 9.67 Å². The fraction of sp³-hybridized carbons (Fsp3) is 0.846. The molecule has 18 heavy (non-hydrogen) atoms. The van der Waals surface area contributed by atoms with E-state index in [1.807, 2.05) is 4.68 Å². The van der Waals surface area contributed by atoms with Gasteiger partial charge in [-0.3, -0.25) is 0 Å². The minimum atomic E-state index is 0.598. The molecule has 0 aliphatic rings. The van der Waals surface area contributed by atoms with Gasteiger partial charge in [0, 0.05) is 19.6 Å². The lowest BCUT2D eigenvalue weighted by molar-refractivity contribution is 0.301. The minimum Gasteiger partial charge on any atom is -0.309 e. The molecule has 1 heterocycles. The molecule has 0 spiro atoms. The van der Waals surface area contributed by atoms with E-state index >= 15 is 0 Å². The van der Waals surface area contributed by atoms with Crippen molar-refractivity contribution < 1.29 is 0 Å². The molecule has 1 rings (SSSR count). The summed E-state index contributed by atoms with van der Waals surface area (Å²) in [6.07, 6.45) is 1.64. The molecule has 1 aromatic rings. The maximum absolute atomic E-state index is 4.30. The highest BCUT2D eigenvalue weighted by atomic mass is 15.3. The van der Waals surface area contributed by atoms with Gasteiger partial charge in [-0.05, 0) is 19.0 Å². The molecule has 0 unspecified atom stereocenters. The third kappa shape index (κ3) is 5.14. The highest BCUT2D eigenvalue weighted by molar-refractivity contribution is 4.84. The molecule has 0 saturated heterocycles. The number of nitrogens with zero attached hydrogens (tertiary/aromatic N) is 4. The van der Waals surface area contributed by atoms with Crippen LogP contribution in [0.3, 0.4) is 0 Å². The summed E-state index contributed by atoms with van der Waals surface area (Å²) in [7, 11) is 0. The van der Waals surface area contributed by atoms with Crippen molar-refractivity contribution in [3.05, 3.63) is 12.2 Å². The van der Waals surface area contributed by atoms with E-state index in [9.17, 15) is 0 Å². The van der Waals surface area contributed by atoms with Crippen LogP contribution in [-0.4, -0.2) is 45.8 Å². The largest absolute Gasteiger partial charge is 0.309 e. The van der Waals surface area contributed by atoms with E-state index in [1.165, 1.54) is 0 Å². The number of nitrogens with one attached hydrogen (secondary N) is 1. The average Bonchev–Trinajstić information content (AvgIpc) is 2.76. The van der Waals surface area contributed by atoms with Crippen LogP contribution >= 0.6 is 0 Å². The molecule has 0 bridgehead atoms. The fourth-order valence-corrected chi connectivity index (χ4v) is 1.90. The van der Waals surface area contributed by atoms with Crippen LogP contribution in [0.5, 0.6) is 0 Å². The van der Waals surface area contributed by atoms with Crippen LogP contribution in [0.1, 0.15) is 33.5 Å². The zero-order chi connectivity index (χ0) is 13.4. The van der Waals surface area contributed by atoms with E-state index < -0.39 is 0 Å². The normalized spacial score (nSPS) is 11.7. The Morgan fingerprint density at radius 3 is 2.67 bits per heavy atom. The Kier molecular flexibility index (Phi) is 6.90. The van der Waals surface area contributed by atoms with Gasteiger partial charge in [-0.15, -0.1) is 0 Å². The molecular formula is C13H27N5. The quantitative estimate of drug-likeness (QED) is 0.675. The molecule has 5 heteroatoms. The van der Waals surface area contributed by atoms with Gasteiger partial charge in [0.2, 0.25) is 0 Å². The molecule has 0 aliphatic heterocycles. The summed E-state index contributed by atoms with van der Waals surface area (Å²) in [5.41, 5.74) is 0. The van der Waals surface area contributed by atoms with Crippen molar-refractivity contribution in [1.82, 2.24) is 25.0 Å². The maximum Gasteiger partial charge on any atom is 0.140 e. The first kappa shape index (κ1) is 15.1. The lowest BCUT2D eigenvalue weighted by atomic mass is 10.2. The first-order valence-corrected chi connectivity index (χ1v) is 6.97. The van der Waals surface area contributed by atoms with Gasteiger partial charge in [-0.2, -0.15) is 5.10 Å². The van der Waals surface area contributed by atoms with E-state index in [1.54, 1.807) is 6.33 Å². The Hall–Kier alpha value is -0.940. The summed E-state index contributed by atoms with van der Waals surface area (Å²) >= 11 is 0. The van der Waals surface area contributed by atoms with Crippen molar-refractivity contribution in [3.63, 3.8) is 0 Å². The van der Waals surface area contributed by atoms with Crippen LogP contribution in [0.25, 0.3) is 0 Å². The smallest absolute Gasteiger partial charge is 0.140 e. The summed E-state index contributed by atoms with van der Waals surface area (Å²) in [6.45, 7) is 14.8. The molecule has 0 atom stereocenters. The molecule has 0 aliphatic carbocycles. The van der Waals surface area contributed by atoms with Gasteiger partial charge in [0.25, 0.3) is 0 Å². The molecule has 1 aromatic heterocycles. The summed E-state index contributed by atoms with van der Waals surface area (Å²) in [5, 5.41) is 7.69. The molecule has 104 valence electrons. The van der Waals surface area contributed by atoms with Crippen LogP contribution in [0, 0.1) is 5.92 Å². The maximum atomic E-state index is 4.30. The van der Waals surface area contributed by atoms with E-state index in [0.717, 1.165) is 45.1 Å². The van der Waals surface area contributed by atoms with Crippen LogP contribution < -0.4 is 5.32 Å². The summed E-state index contributed by atoms with van der Waals surface area (Å²) < 4.78 is 2.00. The molecular weight excluding hydrogens is 226 g/mol. The predicted octanol–water partition coefficient (Wildman–Crippen LogP) is 1.37. The SMILES string of the molecule is CCN(CC)CCNCc1ncnn1CC(C)C. The van der Waals surface area contributed by atoms with Crippen LogP contribution in [0.4, 0.5) is 0 Å². The van der Waals surface area contributed by atoms with E-state index in [-0.39, 0.29) is 0 Å². The zero-order valence-corrected chi connectivity index (χ0v) is 12.2. The fourth-order valence-electron chi connectivity index (χ4n) is 1.90. The van der Waals surface area contributed by atoms with Crippen molar-refractivity contribution in [2.75, 3.05) is 26.2 Å². The van der Waals surface area contributed by atoms with E-state index in [4.69, 9.17) is 0 Å². The molecule has 0 saturated carbocycles. The third-order valence-electron chi connectivity index (χ3n) is 3.02. The van der Waals surface area contributed by atoms with Crippen molar-refractivity contribution in [2.24, 2.45) is 5.92 Å². The van der Waals surface area contributed by atoms with Gasteiger partial charge in [-0.1, -0.05) is 27.7 Å². The van der Waals surface area contributed by atoms with Crippen molar-refractivity contribution in [1.29, 1.82) is 0 Å². The standard InChI is InChI=1S/C13H27N5/c1-5-17(6-2)8-7-14-9-13-15-11-16-18(13)10-12(3)4/h11-12,14H,5-10H2,1-4H3. The monoisotopic (exact) mass is 253 g/mol. The molecule has 0 aromatic carbocycles. The van der Waals surface area contributed by atoms with Crippen molar-refractivity contribution in [2.45, 2.75) is 40.8 Å². The highest BCUT2D eigenvalue weighted by Gasteiger charge is 2.05. The Bertz CT molecular complexity index is 317. The first-order chi connectivity index (χ1) is 8.67. The number of hydrogen-bond donors (Lipinski definition) is 1. The molecule has 0 fully saturated rings. The lowest BCUT2D eigenvalue weighted by Gasteiger charge is -2.18. The minimum absolute atomic E-state index is 0.598. The summed E-state index contributed by atoms with van der Waals surface area (Å²) in [4.78, 5) is 6.71. The summed E-state index contributed by atoms with van der Waals surface area (Å²) in [6, 6.07) is 0. The Morgan fingerprint density at radius 2 is 2.06 bits per heavy atom. The highest BCUT2D eigenvalue weighted by Crippen LogP contribution is 2.00. The number of hydrogen-bond acceptors (Lipinski definition) is 4. The van der Waals surface area contributed by atoms with Crippen LogP contribution in [-0.2, 0) is 13.1 Å². The van der Waals surface area contributed by atoms with Gasteiger partial charge in [0.15, 0.2) is 0 Å². The van der Waals surface area contributed by atoms with Gasteiger partial charge in [0.05, 0.1) is 6.54 Å². The van der Waals surface area contributed by atoms with Crippen LogP contribution in [0.15, 0.2) is 6.33 Å². The van der Waals surface area contributed by atoms with E-state index in [2.05, 4.69) is 48.0 Å². The number of aromatic nitrogens is 3. The van der Waals surface area contributed by atoms with E-state index in [0.29, 0.717) is 5.92 Å². The van der Waals surface area contributed by atoms with Gasteiger partial charge >= 0.3 is 0 Å². The summed E-state index contributed by atoms with van der Waals surface area (Å²) in [5.74, 6) is 1.63. The third-order valence-corrected chi connectivity index (χ3v) is 3.02. The number of rotatable bonds is 9. The first-order valence-electron chi connectivity index (χ1n) is 6.97. The Labute approximate surface area is 111 Å². The average molecular weight is 253 g/mol. The topological polar surface area (TPSA) is 46.0 Å².